The summed E-state index contributed by atoms with van der Waals surface area (Å²) in [6.07, 6.45) is 0.681. The fourth-order valence-electron chi connectivity index (χ4n) is 1.54. The molecule has 0 aliphatic carbocycles. The molecule has 0 aromatic heterocycles. The van der Waals surface area contributed by atoms with E-state index < -0.39 is 0 Å². The van der Waals surface area contributed by atoms with Crippen LogP contribution in [-0.2, 0) is 4.79 Å². The van der Waals surface area contributed by atoms with Crippen molar-refractivity contribution in [3.05, 3.63) is 0 Å². The Morgan fingerprint density at radius 3 is 2.27 bits per heavy atom. The van der Waals surface area contributed by atoms with Crippen LogP contribution in [0.2, 0.25) is 0 Å². The Morgan fingerprint density at radius 2 is 1.93 bits per heavy atom. The third-order valence-corrected chi connectivity index (χ3v) is 2.69. The van der Waals surface area contributed by atoms with E-state index in [4.69, 9.17) is 5.73 Å². The topological polar surface area (TPSA) is 58.4 Å². The molecule has 0 rings (SSSR count). The van der Waals surface area contributed by atoms with E-state index in [2.05, 4.69) is 24.1 Å². The minimum atomic E-state index is -0.375. The Morgan fingerprint density at radius 1 is 1.40 bits per heavy atom. The van der Waals surface area contributed by atoms with Gasteiger partial charge in [0.15, 0.2) is 0 Å². The van der Waals surface area contributed by atoms with Crippen molar-refractivity contribution < 1.29 is 4.79 Å². The molecule has 3 N–H and O–H groups in total. The molecule has 1 unspecified atom stereocenters. The highest BCUT2D eigenvalue weighted by Crippen LogP contribution is 2.05. The second kappa shape index (κ2) is 6.80. The fraction of sp³-hybridized carbons (Fsp3) is 0.909. The second-order valence-corrected chi connectivity index (χ2v) is 4.53. The summed E-state index contributed by atoms with van der Waals surface area (Å²) in [5.74, 6) is 0.461. The van der Waals surface area contributed by atoms with E-state index in [9.17, 15) is 4.79 Å². The molecule has 1 amide bonds. The lowest BCUT2D eigenvalue weighted by Crippen LogP contribution is -2.47. The molecule has 0 fully saturated rings. The van der Waals surface area contributed by atoms with E-state index in [-0.39, 0.29) is 11.9 Å². The maximum absolute atomic E-state index is 11.5. The van der Waals surface area contributed by atoms with Gasteiger partial charge in [-0.2, -0.15) is 0 Å². The largest absolute Gasteiger partial charge is 0.353 e. The van der Waals surface area contributed by atoms with Gasteiger partial charge in [0, 0.05) is 12.6 Å². The third kappa shape index (κ3) is 5.14. The normalized spacial score (nSPS) is 15.5. The lowest BCUT2D eigenvalue weighted by atomic mass is 10.0. The summed E-state index contributed by atoms with van der Waals surface area (Å²) in [4.78, 5) is 13.6. The number of carbonyl (C=O) groups is 1. The molecule has 2 atom stereocenters. The zero-order valence-corrected chi connectivity index (χ0v) is 10.6. The molecule has 0 spiro atoms. The van der Waals surface area contributed by atoms with Gasteiger partial charge in [-0.1, -0.05) is 20.8 Å². The predicted molar refractivity (Wildman–Crippen MR) is 63.6 cm³/mol. The molecule has 90 valence electrons. The summed E-state index contributed by atoms with van der Waals surface area (Å²) in [7, 11) is 4.05. The summed E-state index contributed by atoms with van der Waals surface area (Å²) in [6, 6.07) is -0.0158. The summed E-state index contributed by atoms with van der Waals surface area (Å²) in [5, 5.41) is 2.89. The molecule has 4 nitrogen and oxygen atoms in total. The van der Waals surface area contributed by atoms with Gasteiger partial charge in [-0.15, -0.1) is 0 Å². The molecule has 0 aromatic rings. The first-order chi connectivity index (χ1) is 6.90. The van der Waals surface area contributed by atoms with Crippen LogP contribution in [0.5, 0.6) is 0 Å². The van der Waals surface area contributed by atoms with E-state index in [1.807, 2.05) is 21.0 Å². The number of amides is 1. The summed E-state index contributed by atoms with van der Waals surface area (Å²) < 4.78 is 0. The van der Waals surface area contributed by atoms with Gasteiger partial charge < -0.3 is 16.0 Å². The number of hydrogen-bond acceptors (Lipinski definition) is 3. The lowest BCUT2D eigenvalue weighted by molar-refractivity contribution is -0.122. The molecule has 0 heterocycles. The molecule has 0 bridgehead atoms. The average molecular weight is 215 g/mol. The number of rotatable bonds is 6. The number of likely N-dealkylation sites (N-methyl/N-ethyl adjacent to an activating group) is 1. The molecule has 15 heavy (non-hydrogen) atoms. The number of carbonyl (C=O) groups excluding carboxylic acids is 1. The molecule has 0 saturated heterocycles. The standard InChI is InChI=1S/C11H25N3O/c1-6-9(12)11(15)13-7-10(8(2)3)14(4)5/h8-10H,6-7,12H2,1-5H3,(H,13,15)/t9-,10?/m0/s1. The fourth-order valence-corrected chi connectivity index (χ4v) is 1.54. The Labute approximate surface area is 93.2 Å². The zero-order chi connectivity index (χ0) is 12.0. The molecule has 4 heteroatoms. The molecular formula is C11H25N3O. The highest BCUT2D eigenvalue weighted by atomic mass is 16.2. The number of nitrogens with two attached hydrogens (primary N) is 1. The molecular weight excluding hydrogens is 190 g/mol. The van der Waals surface area contributed by atoms with Crippen molar-refractivity contribution in [2.24, 2.45) is 11.7 Å². The van der Waals surface area contributed by atoms with Crippen molar-refractivity contribution in [3.63, 3.8) is 0 Å². The van der Waals surface area contributed by atoms with Crippen LogP contribution in [-0.4, -0.2) is 43.5 Å². The average Bonchev–Trinajstić information content (AvgIpc) is 2.15. The maximum atomic E-state index is 11.5. The minimum absolute atomic E-state index is 0.0509. The van der Waals surface area contributed by atoms with Crippen LogP contribution in [0.1, 0.15) is 27.2 Å². The third-order valence-electron chi connectivity index (χ3n) is 2.69. The van der Waals surface area contributed by atoms with Gasteiger partial charge in [0.1, 0.15) is 0 Å². The first-order valence-electron chi connectivity index (χ1n) is 5.59. The number of nitrogens with one attached hydrogen (secondary N) is 1. The van der Waals surface area contributed by atoms with Crippen molar-refractivity contribution in [2.45, 2.75) is 39.3 Å². The van der Waals surface area contributed by atoms with Crippen LogP contribution in [0.3, 0.4) is 0 Å². The van der Waals surface area contributed by atoms with Crippen LogP contribution in [0.4, 0.5) is 0 Å². The van der Waals surface area contributed by atoms with Crippen LogP contribution >= 0.6 is 0 Å². The van der Waals surface area contributed by atoms with Gasteiger partial charge in [-0.25, -0.2) is 0 Å². The lowest BCUT2D eigenvalue weighted by Gasteiger charge is -2.28. The smallest absolute Gasteiger partial charge is 0.236 e. The van der Waals surface area contributed by atoms with Crippen molar-refractivity contribution >= 4 is 5.91 Å². The van der Waals surface area contributed by atoms with Crippen molar-refractivity contribution in [1.82, 2.24) is 10.2 Å². The van der Waals surface area contributed by atoms with Gasteiger partial charge in [-0.05, 0) is 26.4 Å². The highest BCUT2D eigenvalue weighted by Gasteiger charge is 2.18. The van der Waals surface area contributed by atoms with Crippen LogP contribution in [0.15, 0.2) is 0 Å². The number of hydrogen-bond donors (Lipinski definition) is 2. The van der Waals surface area contributed by atoms with E-state index in [0.717, 1.165) is 0 Å². The van der Waals surface area contributed by atoms with E-state index in [0.29, 0.717) is 24.9 Å². The Hall–Kier alpha value is -0.610. The van der Waals surface area contributed by atoms with Crippen LogP contribution in [0.25, 0.3) is 0 Å². The van der Waals surface area contributed by atoms with Gasteiger partial charge >= 0.3 is 0 Å². The monoisotopic (exact) mass is 215 g/mol. The summed E-state index contributed by atoms with van der Waals surface area (Å²) >= 11 is 0. The maximum Gasteiger partial charge on any atom is 0.236 e. The van der Waals surface area contributed by atoms with Crippen molar-refractivity contribution in [3.8, 4) is 0 Å². The first-order valence-corrected chi connectivity index (χ1v) is 5.59. The SMILES string of the molecule is CC[C@H](N)C(=O)NCC(C(C)C)N(C)C. The van der Waals surface area contributed by atoms with E-state index in [1.165, 1.54) is 0 Å². The second-order valence-electron chi connectivity index (χ2n) is 4.53. The number of nitrogens with zero attached hydrogens (tertiary/aromatic N) is 1. The van der Waals surface area contributed by atoms with Gasteiger partial charge in [0.2, 0.25) is 5.91 Å². The Balaban J connectivity index is 4.05. The van der Waals surface area contributed by atoms with Gasteiger partial charge in [0.05, 0.1) is 6.04 Å². The Bertz CT molecular complexity index is 184. The molecule has 0 aliphatic heterocycles. The van der Waals surface area contributed by atoms with E-state index in [1.54, 1.807) is 0 Å². The first kappa shape index (κ1) is 14.4. The van der Waals surface area contributed by atoms with Crippen molar-refractivity contribution in [1.29, 1.82) is 0 Å². The molecule has 0 aromatic carbocycles. The highest BCUT2D eigenvalue weighted by molar-refractivity contribution is 5.81. The van der Waals surface area contributed by atoms with Gasteiger partial charge in [-0.3, -0.25) is 4.79 Å². The summed E-state index contributed by atoms with van der Waals surface area (Å²) in [6.45, 7) is 6.88. The zero-order valence-electron chi connectivity index (χ0n) is 10.6. The molecule has 0 saturated carbocycles. The van der Waals surface area contributed by atoms with Crippen LogP contribution < -0.4 is 11.1 Å². The van der Waals surface area contributed by atoms with E-state index >= 15 is 0 Å². The van der Waals surface area contributed by atoms with Gasteiger partial charge in [0.25, 0.3) is 0 Å². The minimum Gasteiger partial charge on any atom is -0.353 e. The summed E-state index contributed by atoms with van der Waals surface area (Å²) in [5.41, 5.74) is 5.63. The van der Waals surface area contributed by atoms with Crippen molar-refractivity contribution in [2.75, 3.05) is 20.6 Å². The molecule has 0 aliphatic rings. The predicted octanol–water partition coefficient (Wildman–Crippen LogP) is 0.426. The van der Waals surface area contributed by atoms with Crippen LogP contribution in [0, 0.1) is 5.92 Å². The Kier molecular flexibility index (Phi) is 6.52. The molecule has 0 radical (unpaired) electrons. The quantitative estimate of drug-likeness (QED) is 0.675.